The number of anilines is 2. The third kappa shape index (κ3) is 2.16. The Morgan fingerprint density at radius 3 is 2.71 bits per heavy atom. The summed E-state index contributed by atoms with van der Waals surface area (Å²) in [6.07, 6.45) is 1.99. The molecular formula is C7H14N4O2S. The number of hydrogen-bond donors (Lipinski definition) is 3. The van der Waals surface area contributed by atoms with Gasteiger partial charge in [0.2, 0.25) is 0 Å². The molecule has 80 valence electrons. The number of nitrogens with zero attached hydrogens (tertiary/aromatic N) is 1. The third-order valence-electron chi connectivity index (χ3n) is 1.66. The molecule has 0 unspecified atom stereocenters. The van der Waals surface area contributed by atoms with Crippen LogP contribution in [0, 0.1) is 0 Å². The van der Waals surface area contributed by atoms with Crippen molar-refractivity contribution in [2.45, 2.75) is 18.2 Å². The highest BCUT2D eigenvalue weighted by Crippen LogP contribution is 2.23. The number of rotatable bonds is 4. The van der Waals surface area contributed by atoms with Gasteiger partial charge in [0, 0.05) is 12.8 Å². The van der Waals surface area contributed by atoms with E-state index in [0.29, 0.717) is 12.4 Å². The second-order valence-electron chi connectivity index (χ2n) is 3.01. The number of H-pyrrole nitrogens is 1. The third-order valence-corrected chi connectivity index (χ3v) is 2.82. The normalized spacial score (nSPS) is 11.6. The number of aromatic amines is 1. The number of nitrogens with two attached hydrogens (primary N) is 1. The Labute approximate surface area is 82.8 Å². The minimum Gasteiger partial charge on any atom is -0.383 e. The quantitative estimate of drug-likeness (QED) is 0.671. The van der Waals surface area contributed by atoms with Gasteiger partial charge >= 0.3 is 0 Å². The zero-order chi connectivity index (χ0) is 10.8. The lowest BCUT2D eigenvalue weighted by atomic mass is 10.4. The molecule has 0 aliphatic heterocycles. The van der Waals surface area contributed by atoms with Crippen molar-refractivity contribution < 1.29 is 8.42 Å². The maximum Gasteiger partial charge on any atom is 0.182 e. The van der Waals surface area contributed by atoms with Crippen molar-refractivity contribution in [3.05, 3.63) is 0 Å². The van der Waals surface area contributed by atoms with E-state index in [2.05, 4.69) is 15.5 Å². The summed E-state index contributed by atoms with van der Waals surface area (Å²) >= 11 is 0. The molecule has 1 rings (SSSR count). The molecule has 0 aliphatic carbocycles. The Balaban J connectivity index is 3.07. The summed E-state index contributed by atoms with van der Waals surface area (Å²) in [5, 5.41) is 9.11. The molecule has 0 fully saturated rings. The van der Waals surface area contributed by atoms with Crippen LogP contribution in [0.2, 0.25) is 0 Å². The van der Waals surface area contributed by atoms with E-state index < -0.39 is 9.84 Å². The summed E-state index contributed by atoms with van der Waals surface area (Å²) in [6.45, 7) is 2.63. The zero-order valence-corrected chi connectivity index (χ0v) is 8.98. The van der Waals surface area contributed by atoms with Crippen LogP contribution < -0.4 is 11.1 Å². The Kier molecular flexibility index (Phi) is 3.00. The van der Waals surface area contributed by atoms with Crippen LogP contribution in [0.25, 0.3) is 0 Å². The van der Waals surface area contributed by atoms with E-state index in [4.69, 9.17) is 5.73 Å². The van der Waals surface area contributed by atoms with E-state index in [1.54, 1.807) is 0 Å². The van der Waals surface area contributed by atoms with Crippen molar-refractivity contribution >= 4 is 21.5 Å². The van der Waals surface area contributed by atoms with E-state index in [-0.39, 0.29) is 10.7 Å². The van der Waals surface area contributed by atoms with Gasteiger partial charge in [-0.15, -0.1) is 0 Å². The van der Waals surface area contributed by atoms with Crippen LogP contribution in [0.5, 0.6) is 0 Å². The second-order valence-corrected chi connectivity index (χ2v) is 4.97. The minimum atomic E-state index is -3.33. The van der Waals surface area contributed by atoms with Crippen LogP contribution in [0.3, 0.4) is 0 Å². The largest absolute Gasteiger partial charge is 0.383 e. The van der Waals surface area contributed by atoms with E-state index >= 15 is 0 Å². The standard InChI is InChI=1S/C7H14N4O2S/c1-3-4-9-7-5(14(2,12)13)6(8)10-11-7/h3-4H2,1-2H3,(H4,8,9,10,11). The molecule has 0 saturated heterocycles. The van der Waals surface area contributed by atoms with Gasteiger partial charge in [0.1, 0.15) is 5.82 Å². The Morgan fingerprint density at radius 2 is 2.21 bits per heavy atom. The van der Waals surface area contributed by atoms with Gasteiger partial charge in [0.15, 0.2) is 20.6 Å². The summed E-state index contributed by atoms with van der Waals surface area (Å²) in [5.74, 6) is 0.373. The van der Waals surface area contributed by atoms with Gasteiger partial charge in [-0.05, 0) is 6.42 Å². The average molecular weight is 218 g/mol. The molecule has 6 nitrogen and oxygen atoms in total. The molecule has 1 aromatic rings. The Morgan fingerprint density at radius 1 is 1.57 bits per heavy atom. The van der Waals surface area contributed by atoms with Gasteiger partial charge in [0.25, 0.3) is 0 Å². The molecule has 0 spiro atoms. The molecule has 0 saturated carbocycles. The molecule has 0 aliphatic rings. The van der Waals surface area contributed by atoms with Gasteiger partial charge in [-0.1, -0.05) is 6.92 Å². The maximum absolute atomic E-state index is 11.3. The molecular weight excluding hydrogens is 204 g/mol. The van der Waals surface area contributed by atoms with Gasteiger partial charge in [-0.2, -0.15) is 5.10 Å². The van der Waals surface area contributed by atoms with E-state index in [1.165, 1.54) is 0 Å². The number of nitrogen functional groups attached to an aromatic ring is 1. The molecule has 0 radical (unpaired) electrons. The first-order chi connectivity index (χ1) is 6.46. The zero-order valence-electron chi connectivity index (χ0n) is 8.16. The number of hydrogen-bond acceptors (Lipinski definition) is 5. The fraction of sp³-hybridized carbons (Fsp3) is 0.571. The van der Waals surface area contributed by atoms with Crippen LogP contribution in [0.1, 0.15) is 13.3 Å². The molecule has 1 heterocycles. The molecule has 0 atom stereocenters. The lowest BCUT2D eigenvalue weighted by Crippen LogP contribution is -2.07. The maximum atomic E-state index is 11.3. The number of sulfone groups is 1. The van der Waals surface area contributed by atoms with Crippen LogP contribution in [0.4, 0.5) is 11.6 Å². The van der Waals surface area contributed by atoms with Crippen LogP contribution in [0.15, 0.2) is 4.90 Å². The fourth-order valence-corrected chi connectivity index (χ4v) is 2.00. The predicted molar refractivity (Wildman–Crippen MR) is 54.9 cm³/mol. The molecule has 4 N–H and O–H groups in total. The van der Waals surface area contributed by atoms with Crippen LogP contribution in [-0.2, 0) is 9.84 Å². The Hall–Kier alpha value is -1.24. The van der Waals surface area contributed by atoms with Crippen molar-refractivity contribution in [3.63, 3.8) is 0 Å². The van der Waals surface area contributed by atoms with Gasteiger partial charge < -0.3 is 11.1 Å². The highest BCUT2D eigenvalue weighted by molar-refractivity contribution is 7.91. The van der Waals surface area contributed by atoms with E-state index in [1.807, 2.05) is 6.92 Å². The van der Waals surface area contributed by atoms with E-state index in [0.717, 1.165) is 12.7 Å². The number of nitrogens with one attached hydrogen (secondary N) is 2. The average Bonchev–Trinajstić information content (AvgIpc) is 2.42. The van der Waals surface area contributed by atoms with Crippen molar-refractivity contribution in [1.29, 1.82) is 0 Å². The summed E-state index contributed by atoms with van der Waals surface area (Å²) < 4.78 is 22.6. The first-order valence-corrected chi connectivity index (χ1v) is 6.13. The molecule has 1 aromatic heterocycles. The molecule has 0 aromatic carbocycles. The molecule has 14 heavy (non-hydrogen) atoms. The summed E-state index contributed by atoms with van der Waals surface area (Å²) in [6, 6.07) is 0. The van der Waals surface area contributed by atoms with Crippen LogP contribution in [-0.4, -0.2) is 31.4 Å². The summed E-state index contributed by atoms with van der Waals surface area (Å²) in [4.78, 5) is 0.0472. The van der Waals surface area contributed by atoms with Crippen molar-refractivity contribution in [2.75, 3.05) is 23.9 Å². The molecule has 0 bridgehead atoms. The molecule has 0 amide bonds. The monoisotopic (exact) mass is 218 g/mol. The SMILES string of the molecule is CCCNc1n[nH]c(N)c1S(C)(=O)=O. The van der Waals surface area contributed by atoms with Crippen LogP contribution >= 0.6 is 0 Å². The van der Waals surface area contributed by atoms with Gasteiger partial charge in [-0.3, -0.25) is 5.10 Å². The Bertz CT molecular complexity index is 409. The lowest BCUT2D eigenvalue weighted by Gasteiger charge is -2.02. The fourth-order valence-electron chi connectivity index (χ4n) is 1.08. The lowest BCUT2D eigenvalue weighted by molar-refractivity contribution is 0.602. The minimum absolute atomic E-state index is 0.0472. The topological polar surface area (TPSA) is 101 Å². The highest BCUT2D eigenvalue weighted by atomic mass is 32.2. The highest BCUT2D eigenvalue weighted by Gasteiger charge is 2.20. The summed E-state index contributed by atoms with van der Waals surface area (Å²) in [5.41, 5.74) is 5.46. The van der Waals surface area contributed by atoms with Gasteiger partial charge in [0.05, 0.1) is 0 Å². The first kappa shape index (κ1) is 10.8. The second kappa shape index (κ2) is 3.87. The molecule has 7 heteroatoms. The van der Waals surface area contributed by atoms with Crippen molar-refractivity contribution in [3.8, 4) is 0 Å². The van der Waals surface area contributed by atoms with Crippen molar-refractivity contribution in [1.82, 2.24) is 10.2 Å². The van der Waals surface area contributed by atoms with Gasteiger partial charge in [-0.25, -0.2) is 8.42 Å². The first-order valence-electron chi connectivity index (χ1n) is 4.24. The number of aromatic nitrogens is 2. The van der Waals surface area contributed by atoms with E-state index in [9.17, 15) is 8.42 Å². The van der Waals surface area contributed by atoms with Crippen molar-refractivity contribution in [2.24, 2.45) is 0 Å². The smallest absolute Gasteiger partial charge is 0.182 e. The predicted octanol–water partition coefficient (Wildman–Crippen LogP) is 0.217. The summed E-state index contributed by atoms with van der Waals surface area (Å²) in [7, 11) is -3.33.